The summed E-state index contributed by atoms with van der Waals surface area (Å²) in [6, 6.07) is 17.5. The van der Waals surface area contributed by atoms with Crippen molar-refractivity contribution in [3.63, 3.8) is 0 Å². The van der Waals surface area contributed by atoms with Crippen molar-refractivity contribution in [1.29, 1.82) is 0 Å². The van der Waals surface area contributed by atoms with E-state index in [-0.39, 0.29) is 0 Å². The fraction of sp³-hybridized carbons (Fsp3) is 0.406. The van der Waals surface area contributed by atoms with Crippen molar-refractivity contribution in [2.24, 2.45) is 9.98 Å². The number of benzene rings is 2. The Labute approximate surface area is 211 Å². The highest BCUT2D eigenvalue weighted by Crippen LogP contribution is 2.30. The Morgan fingerprint density at radius 3 is 1.83 bits per heavy atom. The van der Waals surface area contributed by atoms with Crippen LogP contribution in [0.25, 0.3) is 0 Å². The number of hydrogen-bond donors (Lipinski definition) is 0. The molecule has 1 aromatic heterocycles. The second-order valence-corrected chi connectivity index (χ2v) is 9.43. The maximum absolute atomic E-state index is 5.31. The number of nitrogens with zero attached hydrogens (tertiary/aromatic N) is 3. The minimum absolute atomic E-state index is 0.950. The zero-order valence-electron chi connectivity index (χ0n) is 22.1. The molecule has 3 nitrogen and oxygen atoms in total. The Morgan fingerprint density at radius 2 is 1.26 bits per heavy atom. The van der Waals surface area contributed by atoms with Crippen molar-refractivity contribution in [2.75, 3.05) is 0 Å². The number of aryl methyl sites for hydroxylation is 5. The maximum Gasteiger partial charge on any atom is 0.0884 e. The van der Waals surface area contributed by atoms with E-state index < -0.39 is 0 Å². The third kappa shape index (κ3) is 5.45. The molecule has 0 unspecified atom stereocenters. The first-order chi connectivity index (χ1) is 17.1. The van der Waals surface area contributed by atoms with E-state index in [1.807, 2.05) is 0 Å². The van der Waals surface area contributed by atoms with Gasteiger partial charge in [-0.15, -0.1) is 0 Å². The van der Waals surface area contributed by atoms with Crippen LogP contribution in [-0.4, -0.2) is 16.4 Å². The highest BCUT2D eigenvalue weighted by Gasteiger charge is 2.19. The van der Waals surface area contributed by atoms with Gasteiger partial charge in [0, 0.05) is 0 Å². The van der Waals surface area contributed by atoms with E-state index in [9.17, 15) is 0 Å². The molecule has 2 aromatic carbocycles. The molecule has 0 spiro atoms. The smallest absolute Gasteiger partial charge is 0.0884 e. The first-order valence-electron chi connectivity index (χ1n) is 13.4. The Bertz CT molecular complexity index is 1210. The van der Waals surface area contributed by atoms with Gasteiger partial charge < -0.3 is 0 Å². The molecule has 0 saturated heterocycles. The molecule has 1 aliphatic carbocycles. The van der Waals surface area contributed by atoms with Crippen LogP contribution in [0, 0.1) is 0 Å². The van der Waals surface area contributed by atoms with E-state index in [4.69, 9.17) is 15.0 Å². The molecule has 4 rings (SSSR count). The highest BCUT2D eigenvalue weighted by molar-refractivity contribution is 6.04. The number of rotatable bonds is 7. The molecular weight excluding hydrogens is 426 g/mol. The molecule has 35 heavy (non-hydrogen) atoms. The number of fused-ring (bicyclic) bond motifs is 1. The van der Waals surface area contributed by atoms with Crippen LogP contribution < -0.4 is 0 Å². The number of aromatic nitrogens is 1. The fourth-order valence-electron chi connectivity index (χ4n) is 5.05. The number of aliphatic imine (C=N–C) groups is 2. The van der Waals surface area contributed by atoms with Crippen LogP contribution >= 0.6 is 0 Å². The quantitative estimate of drug-likeness (QED) is 0.255. The standard InChI is InChI=1S/C32H39N3/c1-6-23-15-12-16-24(7-2)30(23)33-22(5)28-21-20-27-14-10-11-19-29(32(27)34-28)35-31-25(8-3)17-13-18-26(31)9-4/h12-13,15-18,20-21H,6-11,14,19H2,1-5H3. The van der Waals surface area contributed by atoms with Crippen molar-refractivity contribution in [3.05, 3.63) is 87.7 Å². The normalized spacial score (nSPS) is 15.2. The lowest BCUT2D eigenvalue weighted by atomic mass is 10.0. The Balaban J connectivity index is 1.82. The lowest BCUT2D eigenvalue weighted by Gasteiger charge is -2.14. The summed E-state index contributed by atoms with van der Waals surface area (Å²) in [7, 11) is 0. The molecule has 3 heteroatoms. The topological polar surface area (TPSA) is 37.6 Å². The Hall–Kier alpha value is -3.07. The van der Waals surface area contributed by atoms with E-state index in [0.29, 0.717) is 0 Å². The molecule has 1 aliphatic rings. The summed E-state index contributed by atoms with van der Waals surface area (Å²) in [5.74, 6) is 0. The molecule has 3 aromatic rings. The van der Waals surface area contributed by atoms with Crippen molar-refractivity contribution < 1.29 is 0 Å². The van der Waals surface area contributed by atoms with Crippen LogP contribution in [0.15, 0.2) is 58.5 Å². The van der Waals surface area contributed by atoms with Crippen LogP contribution in [0.1, 0.15) is 93.1 Å². The van der Waals surface area contributed by atoms with Gasteiger partial charge in [-0.3, -0.25) is 9.98 Å². The van der Waals surface area contributed by atoms with Crippen molar-refractivity contribution >= 4 is 22.8 Å². The van der Waals surface area contributed by atoms with Crippen LogP contribution in [0.4, 0.5) is 11.4 Å². The number of hydrogen-bond acceptors (Lipinski definition) is 3. The lowest BCUT2D eigenvalue weighted by molar-refractivity contribution is 0.775. The zero-order chi connectivity index (χ0) is 24.8. The summed E-state index contributed by atoms with van der Waals surface area (Å²) in [6.07, 6.45) is 8.30. The molecule has 0 atom stereocenters. The summed E-state index contributed by atoms with van der Waals surface area (Å²) >= 11 is 0. The molecule has 1 heterocycles. The van der Waals surface area contributed by atoms with Gasteiger partial charge in [-0.2, -0.15) is 0 Å². The molecule has 0 aliphatic heterocycles. The SMILES string of the molecule is CCc1cccc(CC)c1N=C(C)c1ccc2c(n1)C(=Nc1c(CC)cccc1CC)CCCC2. The molecule has 0 amide bonds. The van der Waals surface area contributed by atoms with Crippen molar-refractivity contribution in [1.82, 2.24) is 4.98 Å². The minimum Gasteiger partial charge on any atom is -0.251 e. The first-order valence-corrected chi connectivity index (χ1v) is 13.4. The van der Waals surface area contributed by atoms with Gasteiger partial charge in [-0.25, -0.2) is 4.98 Å². The Kier molecular flexibility index (Phi) is 8.28. The van der Waals surface area contributed by atoms with Crippen LogP contribution in [0.3, 0.4) is 0 Å². The van der Waals surface area contributed by atoms with Crippen LogP contribution in [-0.2, 0) is 32.1 Å². The molecule has 182 valence electrons. The summed E-state index contributed by atoms with van der Waals surface area (Å²) in [6.45, 7) is 10.9. The molecule has 0 bridgehead atoms. The van der Waals surface area contributed by atoms with Gasteiger partial charge in [0.25, 0.3) is 0 Å². The van der Waals surface area contributed by atoms with Crippen LogP contribution in [0.5, 0.6) is 0 Å². The van der Waals surface area contributed by atoms with E-state index in [2.05, 4.69) is 83.1 Å². The summed E-state index contributed by atoms with van der Waals surface area (Å²) < 4.78 is 0. The molecule has 0 saturated carbocycles. The zero-order valence-corrected chi connectivity index (χ0v) is 22.1. The second-order valence-electron chi connectivity index (χ2n) is 9.43. The van der Waals surface area contributed by atoms with Crippen LogP contribution in [0.2, 0.25) is 0 Å². The third-order valence-corrected chi connectivity index (χ3v) is 7.19. The van der Waals surface area contributed by atoms with Gasteiger partial charge in [-0.1, -0.05) is 70.2 Å². The van der Waals surface area contributed by atoms with E-state index in [0.717, 1.165) is 79.1 Å². The van der Waals surface area contributed by atoms with Gasteiger partial charge >= 0.3 is 0 Å². The fourth-order valence-corrected chi connectivity index (χ4v) is 5.05. The predicted octanol–water partition coefficient (Wildman–Crippen LogP) is 8.32. The average Bonchev–Trinajstić information content (AvgIpc) is 3.10. The average molecular weight is 466 g/mol. The monoisotopic (exact) mass is 465 g/mol. The largest absolute Gasteiger partial charge is 0.251 e. The first kappa shape index (κ1) is 25.0. The molecular formula is C32H39N3. The van der Waals surface area contributed by atoms with E-state index in [1.54, 1.807) is 0 Å². The van der Waals surface area contributed by atoms with E-state index in [1.165, 1.54) is 34.2 Å². The van der Waals surface area contributed by atoms with Gasteiger partial charge in [0.2, 0.25) is 0 Å². The molecule has 0 fully saturated rings. The summed E-state index contributed by atoms with van der Waals surface area (Å²) in [5, 5.41) is 0. The van der Waals surface area contributed by atoms with E-state index >= 15 is 0 Å². The second kappa shape index (κ2) is 11.6. The number of pyridine rings is 1. The van der Waals surface area contributed by atoms with Gasteiger partial charge in [0.05, 0.1) is 34.2 Å². The van der Waals surface area contributed by atoms with Gasteiger partial charge in [0.15, 0.2) is 0 Å². The molecule has 0 radical (unpaired) electrons. The minimum atomic E-state index is 0.950. The van der Waals surface area contributed by atoms with Crippen molar-refractivity contribution in [2.45, 2.75) is 86.0 Å². The highest BCUT2D eigenvalue weighted by atomic mass is 14.8. The molecule has 0 N–H and O–H groups in total. The summed E-state index contributed by atoms with van der Waals surface area (Å²) in [4.78, 5) is 15.6. The third-order valence-electron chi connectivity index (χ3n) is 7.19. The number of para-hydroxylation sites is 2. The lowest BCUT2D eigenvalue weighted by Crippen LogP contribution is -2.10. The maximum atomic E-state index is 5.31. The van der Waals surface area contributed by atoms with Gasteiger partial charge in [0.1, 0.15) is 0 Å². The Morgan fingerprint density at radius 1 is 0.714 bits per heavy atom. The predicted molar refractivity (Wildman–Crippen MR) is 150 cm³/mol. The van der Waals surface area contributed by atoms with Gasteiger partial charge in [-0.05, 0) is 92.2 Å². The summed E-state index contributed by atoms with van der Waals surface area (Å²) in [5.41, 5.74) is 12.9. The van der Waals surface area contributed by atoms with Crippen molar-refractivity contribution in [3.8, 4) is 0 Å².